The van der Waals surface area contributed by atoms with E-state index in [1.54, 1.807) is 0 Å². The molecule has 0 aliphatic heterocycles. The second-order valence-electron chi connectivity index (χ2n) is 1.62. The maximum absolute atomic E-state index is 10.3. The van der Waals surface area contributed by atoms with Gasteiger partial charge in [0.2, 0.25) is 0 Å². The Kier molecular flexibility index (Phi) is 3.17. The van der Waals surface area contributed by atoms with Crippen molar-refractivity contribution in [2.75, 3.05) is 0 Å². The molecule has 56 valence electrons. The third-order valence-electron chi connectivity index (χ3n) is 0.807. The van der Waals surface area contributed by atoms with E-state index in [9.17, 15) is 9.59 Å². The Morgan fingerprint density at radius 1 is 1.70 bits per heavy atom. The van der Waals surface area contributed by atoms with Gasteiger partial charge in [-0.3, -0.25) is 0 Å². The van der Waals surface area contributed by atoms with Crippen molar-refractivity contribution in [2.45, 2.75) is 13.0 Å². The van der Waals surface area contributed by atoms with E-state index in [0.717, 1.165) is 6.08 Å². The van der Waals surface area contributed by atoms with Gasteiger partial charge in [-0.15, -0.1) is 0 Å². The molecule has 4 nitrogen and oxygen atoms in total. The maximum atomic E-state index is 10.3. The van der Waals surface area contributed by atoms with Crippen LogP contribution < -0.4 is 0 Å². The summed E-state index contributed by atoms with van der Waals surface area (Å²) in [5, 5.41) is 8.21. The first-order valence-corrected chi connectivity index (χ1v) is 2.63. The fourth-order valence-corrected chi connectivity index (χ4v) is 0.273. The zero-order valence-electron chi connectivity index (χ0n) is 5.53. The predicted octanol–water partition coefficient (Wildman–Crippen LogP) is 0.189. The molecule has 1 atom stereocenters. The van der Waals surface area contributed by atoms with E-state index in [1.165, 1.54) is 6.92 Å². The number of aliphatic carboxylic acids is 1. The van der Waals surface area contributed by atoms with Gasteiger partial charge in [-0.1, -0.05) is 6.58 Å². The lowest BCUT2D eigenvalue weighted by Crippen LogP contribution is -2.22. The monoisotopic (exact) mass is 144 g/mol. The fourth-order valence-electron chi connectivity index (χ4n) is 0.273. The van der Waals surface area contributed by atoms with Crippen LogP contribution in [0.15, 0.2) is 12.7 Å². The van der Waals surface area contributed by atoms with E-state index in [1.807, 2.05) is 0 Å². The lowest BCUT2D eigenvalue weighted by atomic mass is 10.4. The summed E-state index contributed by atoms with van der Waals surface area (Å²) in [5.74, 6) is -1.90. The molecule has 0 rings (SSSR count). The van der Waals surface area contributed by atoms with Gasteiger partial charge in [-0.05, 0) is 6.92 Å². The van der Waals surface area contributed by atoms with Crippen LogP contribution in [0.3, 0.4) is 0 Å². The van der Waals surface area contributed by atoms with Gasteiger partial charge in [0, 0.05) is 6.08 Å². The first-order chi connectivity index (χ1) is 4.57. The number of esters is 1. The number of hydrogen-bond acceptors (Lipinski definition) is 3. The number of hydrogen-bond donors (Lipinski definition) is 1. The van der Waals surface area contributed by atoms with Crippen LogP contribution in [0.4, 0.5) is 0 Å². The van der Waals surface area contributed by atoms with E-state index < -0.39 is 18.0 Å². The predicted molar refractivity (Wildman–Crippen MR) is 33.4 cm³/mol. The molecule has 0 unspecified atom stereocenters. The highest BCUT2D eigenvalue weighted by molar-refractivity contribution is 5.84. The normalized spacial score (nSPS) is 11.7. The standard InChI is InChI=1S/C6H8O4/c1-3-5(7)10-4(2)6(8)9/h3-4H,1H2,2H3,(H,8,9)/t4-/m1/s1. The Bertz CT molecular complexity index is 161. The summed E-state index contributed by atoms with van der Waals surface area (Å²) < 4.78 is 4.30. The minimum atomic E-state index is -1.17. The maximum Gasteiger partial charge on any atom is 0.344 e. The molecule has 0 spiro atoms. The Hall–Kier alpha value is -1.32. The van der Waals surface area contributed by atoms with Crippen LogP contribution in [0, 0.1) is 0 Å². The van der Waals surface area contributed by atoms with E-state index in [-0.39, 0.29) is 0 Å². The number of carboxylic acids is 1. The highest BCUT2D eigenvalue weighted by Crippen LogP contribution is 1.90. The highest BCUT2D eigenvalue weighted by Gasteiger charge is 2.13. The van der Waals surface area contributed by atoms with Gasteiger partial charge in [0.05, 0.1) is 0 Å². The van der Waals surface area contributed by atoms with Crippen LogP contribution in [-0.2, 0) is 14.3 Å². The van der Waals surface area contributed by atoms with Crippen molar-refractivity contribution >= 4 is 11.9 Å². The molecule has 0 saturated heterocycles. The molecular weight excluding hydrogens is 136 g/mol. The van der Waals surface area contributed by atoms with E-state index in [0.29, 0.717) is 0 Å². The third-order valence-corrected chi connectivity index (χ3v) is 0.807. The molecule has 0 fully saturated rings. The zero-order valence-corrected chi connectivity index (χ0v) is 5.53. The Morgan fingerprint density at radius 3 is 2.50 bits per heavy atom. The molecule has 0 heterocycles. The zero-order chi connectivity index (χ0) is 8.15. The first kappa shape index (κ1) is 8.68. The molecule has 10 heavy (non-hydrogen) atoms. The van der Waals surface area contributed by atoms with Gasteiger partial charge in [0.25, 0.3) is 0 Å². The van der Waals surface area contributed by atoms with Crippen LogP contribution in [0.5, 0.6) is 0 Å². The van der Waals surface area contributed by atoms with Crippen molar-refractivity contribution in [1.82, 2.24) is 0 Å². The molecule has 4 heteroatoms. The highest BCUT2D eigenvalue weighted by atomic mass is 16.6. The molecule has 1 N–H and O–H groups in total. The molecule has 0 aliphatic rings. The van der Waals surface area contributed by atoms with Crippen molar-refractivity contribution in [3.8, 4) is 0 Å². The molecule has 0 aromatic rings. The summed E-state index contributed by atoms with van der Waals surface area (Å²) in [6.45, 7) is 4.37. The molecule has 0 aromatic carbocycles. The summed E-state index contributed by atoms with van der Waals surface area (Å²) in [5.41, 5.74) is 0. The minimum absolute atomic E-state index is 0.727. The van der Waals surface area contributed by atoms with Gasteiger partial charge in [-0.2, -0.15) is 0 Å². The van der Waals surface area contributed by atoms with Gasteiger partial charge in [0.1, 0.15) is 0 Å². The third kappa shape index (κ3) is 2.86. The average Bonchev–Trinajstić information content (AvgIpc) is 1.87. The van der Waals surface area contributed by atoms with Crippen molar-refractivity contribution in [1.29, 1.82) is 0 Å². The minimum Gasteiger partial charge on any atom is -0.479 e. The molecule has 0 aromatic heterocycles. The topological polar surface area (TPSA) is 63.6 Å². The Labute approximate surface area is 58.1 Å². The van der Waals surface area contributed by atoms with Crippen LogP contribution >= 0.6 is 0 Å². The first-order valence-electron chi connectivity index (χ1n) is 2.63. The molecule has 0 bridgehead atoms. The van der Waals surface area contributed by atoms with Gasteiger partial charge in [-0.25, -0.2) is 9.59 Å². The SMILES string of the molecule is C=CC(=O)O[C@H](C)C(=O)O. The van der Waals surface area contributed by atoms with Crippen molar-refractivity contribution < 1.29 is 19.4 Å². The van der Waals surface area contributed by atoms with Gasteiger partial charge < -0.3 is 9.84 Å². The number of carbonyl (C=O) groups excluding carboxylic acids is 1. The molecule has 0 amide bonds. The summed E-state index contributed by atoms with van der Waals surface area (Å²) in [6, 6.07) is 0. The lowest BCUT2D eigenvalue weighted by molar-refractivity contribution is -0.159. The van der Waals surface area contributed by atoms with Crippen LogP contribution in [0.2, 0.25) is 0 Å². The molecular formula is C6H8O4. The largest absolute Gasteiger partial charge is 0.479 e. The number of ether oxygens (including phenoxy) is 1. The van der Waals surface area contributed by atoms with Crippen LogP contribution in [0.25, 0.3) is 0 Å². The fraction of sp³-hybridized carbons (Fsp3) is 0.333. The van der Waals surface area contributed by atoms with Crippen LogP contribution in [0.1, 0.15) is 6.92 Å². The second kappa shape index (κ2) is 3.66. The summed E-state index contributed by atoms with van der Waals surface area (Å²) in [7, 11) is 0. The van der Waals surface area contributed by atoms with Gasteiger partial charge in [0.15, 0.2) is 6.10 Å². The summed E-state index contributed by atoms with van der Waals surface area (Å²) in [4.78, 5) is 20.4. The Balaban J connectivity index is 3.79. The van der Waals surface area contributed by atoms with Crippen molar-refractivity contribution in [2.24, 2.45) is 0 Å². The Morgan fingerprint density at radius 2 is 2.20 bits per heavy atom. The lowest BCUT2D eigenvalue weighted by Gasteiger charge is -2.04. The molecule has 0 saturated carbocycles. The number of carboxylic acid groups (broad SMARTS) is 1. The average molecular weight is 144 g/mol. The summed E-state index contributed by atoms with van der Waals surface area (Å²) in [6.07, 6.45) is -0.190. The van der Waals surface area contributed by atoms with Crippen molar-refractivity contribution in [3.63, 3.8) is 0 Å². The number of rotatable bonds is 3. The smallest absolute Gasteiger partial charge is 0.344 e. The van der Waals surface area contributed by atoms with Crippen LogP contribution in [-0.4, -0.2) is 23.1 Å². The van der Waals surface area contributed by atoms with Gasteiger partial charge >= 0.3 is 11.9 Å². The van der Waals surface area contributed by atoms with E-state index in [4.69, 9.17) is 5.11 Å². The second-order valence-corrected chi connectivity index (χ2v) is 1.62. The summed E-state index contributed by atoms with van der Waals surface area (Å²) >= 11 is 0. The number of carbonyl (C=O) groups is 2. The quantitative estimate of drug-likeness (QED) is 0.453. The molecule has 0 radical (unpaired) electrons. The van der Waals surface area contributed by atoms with E-state index in [2.05, 4.69) is 11.3 Å². The van der Waals surface area contributed by atoms with E-state index >= 15 is 0 Å². The molecule has 0 aliphatic carbocycles. The van der Waals surface area contributed by atoms with Crippen molar-refractivity contribution in [3.05, 3.63) is 12.7 Å².